The topological polar surface area (TPSA) is 237 Å². The van der Waals surface area contributed by atoms with Gasteiger partial charge in [-0.2, -0.15) is 0 Å². The molecule has 0 aliphatic carbocycles. The maximum absolute atomic E-state index is 13.0. The Morgan fingerprint density at radius 2 is 0.558 bits per heavy atom. The molecule has 0 aliphatic rings. The summed E-state index contributed by atoms with van der Waals surface area (Å²) in [6.45, 7) is 9.46. The third-order valence-electron chi connectivity index (χ3n) is 16.2. The van der Waals surface area contributed by atoms with Gasteiger partial charge in [-0.25, -0.2) is 9.13 Å². The first-order valence-electron chi connectivity index (χ1n) is 35.1. The molecular formula is C67H130O17P2. The Labute approximate surface area is 524 Å². The van der Waals surface area contributed by atoms with E-state index in [-0.39, 0.29) is 25.7 Å². The predicted octanol–water partition coefficient (Wildman–Crippen LogP) is 18.8. The molecule has 0 heterocycles. The highest BCUT2D eigenvalue weighted by molar-refractivity contribution is 7.47. The molecule has 17 nitrogen and oxygen atoms in total. The van der Waals surface area contributed by atoms with Gasteiger partial charge in [0.05, 0.1) is 26.4 Å². The van der Waals surface area contributed by atoms with Crippen molar-refractivity contribution in [3.05, 3.63) is 0 Å². The number of carbonyl (C=O) groups is 4. The lowest BCUT2D eigenvalue weighted by Gasteiger charge is -2.21. The molecule has 0 saturated carbocycles. The van der Waals surface area contributed by atoms with Gasteiger partial charge in [-0.3, -0.25) is 37.3 Å². The summed E-state index contributed by atoms with van der Waals surface area (Å²) in [5, 5.41) is 10.5. The summed E-state index contributed by atoms with van der Waals surface area (Å²) in [5.41, 5.74) is 0. The lowest BCUT2D eigenvalue weighted by Crippen LogP contribution is -2.30. The summed E-state index contributed by atoms with van der Waals surface area (Å²) in [4.78, 5) is 72.3. The molecule has 0 aromatic rings. The second kappa shape index (κ2) is 59.4. The van der Waals surface area contributed by atoms with Crippen molar-refractivity contribution in [2.75, 3.05) is 39.6 Å². The Balaban J connectivity index is 5.22. The molecule has 19 heteroatoms. The van der Waals surface area contributed by atoms with Crippen molar-refractivity contribution in [3.8, 4) is 0 Å². The highest BCUT2D eigenvalue weighted by Gasteiger charge is 2.30. The fourth-order valence-corrected chi connectivity index (χ4v) is 11.6. The van der Waals surface area contributed by atoms with Crippen LogP contribution in [0.1, 0.15) is 337 Å². The van der Waals surface area contributed by atoms with E-state index in [1.165, 1.54) is 141 Å². The zero-order chi connectivity index (χ0) is 63.6. The van der Waals surface area contributed by atoms with E-state index in [2.05, 4.69) is 41.5 Å². The van der Waals surface area contributed by atoms with Crippen LogP contribution in [0.15, 0.2) is 0 Å². The monoisotopic (exact) mass is 1270 g/mol. The molecule has 0 spiro atoms. The lowest BCUT2D eigenvalue weighted by molar-refractivity contribution is -0.161. The average Bonchev–Trinajstić information content (AvgIpc) is 3.54. The van der Waals surface area contributed by atoms with Gasteiger partial charge >= 0.3 is 39.5 Å². The van der Waals surface area contributed by atoms with E-state index in [9.17, 15) is 43.2 Å². The van der Waals surface area contributed by atoms with E-state index < -0.39 is 97.5 Å². The van der Waals surface area contributed by atoms with Gasteiger partial charge in [0.2, 0.25) is 0 Å². The van der Waals surface area contributed by atoms with Gasteiger partial charge in [0.25, 0.3) is 0 Å². The largest absolute Gasteiger partial charge is 0.472 e. The minimum absolute atomic E-state index is 0.103. The molecule has 0 aromatic heterocycles. The van der Waals surface area contributed by atoms with E-state index in [4.69, 9.17) is 37.0 Å². The Kier molecular flexibility index (Phi) is 58.0. The van der Waals surface area contributed by atoms with Crippen LogP contribution in [0.3, 0.4) is 0 Å². The third-order valence-corrected chi connectivity index (χ3v) is 18.1. The molecule has 510 valence electrons. The molecule has 7 atom stereocenters. The summed E-state index contributed by atoms with van der Waals surface area (Å²) < 4.78 is 68.1. The molecule has 3 N–H and O–H groups in total. The van der Waals surface area contributed by atoms with Crippen molar-refractivity contribution in [3.63, 3.8) is 0 Å². The summed E-state index contributed by atoms with van der Waals surface area (Å²) in [6, 6.07) is 0. The van der Waals surface area contributed by atoms with Crippen LogP contribution in [0.5, 0.6) is 0 Å². The van der Waals surface area contributed by atoms with Crippen LogP contribution in [-0.2, 0) is 65.4 Å². The number of unbranched alkanes of at least 4 members (excludes halogenated alkanes) is 34. The normalized spacial score (nSPS) is 14.8. The second-order valence-corrected chi connectivity index (χ2v) is 27.6. The molecule has 0 aliphatic heterocycles. The summed E-state index contributed by atoms with van der Waals surface area (Å²) in [5.74, 6) is -0.604. The molecular weight excluding hydrogens is 1140 g/mol. The van der Waals surface area contributed by atoms with Gasteiger partial charge in [-0.05, 0) is 37.5 Å². The number of phosphoric ester groups is 2. The van der Waals surface area contributed by atoms with Gasteiger partial charge in [0.1, 0.15) is 19.3 Å². The summed E-state index contributed by atoms with van der Waals surface area (Å²) in [7, 11) is -9.89. The van der Waals surface area contributed by atoms with Crippen LogP contribution in [-0.4, -0.2) is 96.7 Å². The number of rotatable bonds is 66. The fraction of sp³-hybridized carbons (Fsp3) is 0.940. The number of aliphatic hydroxyl groups excluding tert-OH is 1. The quantitative estimate of drug-likeness (QED) is 0.0222. The van der Waals surface area contributed by atoms with Crippen molar-refractivity contribution < 1.29 is 80.2 Å². The van der Waals surface area contributed by atoms with E-state index in [1.807, 2.05) is 0 Å². The Morgan fingerprint density at radius 3 is 0.826 bits per heavy atom. The number of ether oxygens (including phenoxy) is 4. The van der Waals surface area contributed by atoms with Crippen molar-refractivity contribution in [1.29, 1.82) is 0 Å². The van der Waals surface area contributed by atoms with Crippen molar-refractivity contribution in [1.82, 2.24) is 0 Å². The molecule has 0 fully saturated rings. The molecule has 0 radical (unpaired) electrons. The Hall–Kier alpha value is -1.94. The van der Waals surface area contributed by atoms with Gasteiger partial charge in [0, 0.05) is 25.7 Å². The zero-order valence-electron chi connectivity index (χ0n) is 55.6. The summed E-state index contributed by atoms with van der Waals surface area (Å²) in [6.07, 6.45) is 43.1. The smallest absolute Gasteiger partial charge is 0.462 e. The number of esters is 4. The number of phosphoric acid groups is 2. The lowest BCUT2D eigenvalue weighted by atomic mass is 9.99. The number of aliphatic hydroxyl groups is 1. The van der Waals surface area contributed by atoms with Gasteiger partial charge in [-0.15, -0.1) is 0 Å². The highest BCUT2D eigenvalue weighted by Crippen LogP contribution is 2.45. The van der Waals surface area contributed by atoms with E-state index in [1.54, 1.807) is 0 Å². The first kappa shape index (κ1) is 84.1. The van der Waals surface area contributed by atoms with Crippen LogP contribution in [0.4, 0.5) is 0 Å². The fourth-order valence-electron chi connectivity index (χ4n) is 10.00. The minimum Gasteiger partial charge on any atom is -0.462 e. The van der Waals surface area contributed by atoms with Crippen molar-refractivity contribution in [2.45, 2.75) is 355 Å². The van der Waals surface area contributed by atoms with Crippen molar-refractivity contribution in [2.24, 2.45) is 11.8 Å². The minimum atomic E-state index is -4.95. The zero-order valence-corrected chi connectivity index (χ0v) is 57.4. The second-order valence-electron chi connectivity index (χ2n) is 24.7. The highest BCUT2D eigenvalue weighted by atomic mass is 31.2. The summed E-state index contributed by atoms with van der Waals surface area (Å²) >= 11 is 0. The third kappa shape index (κ3) is 58.4. The number of carbonyl (C=O) groups excluding carboxylic acids is 4. The first-order valence-corrected chi connectivity index (χ1v) is 38.1. The standard InChI is InChI=1S/C67H130O17P2/c1-7-11-13-15-17-18-19-20-21-22-23-28-32-39-45-51-66(71)83-62(56-78-65(70)50-44-38-31-27-25-24-26-30-35-41-47-59(5)9-3)57-81-85(73,74)79-53-61(68)54-80-86(75,76)82-58-63(55-77-64(69)49-43-37-29-16-14-12-8-2)84-67(72)52-46-40-34-33-36-42-48-60(6)10-4/h59-63,68H,7-58H2,1-6H3,(H,73,74)(H,75,76)/t59?,60?,61-,62-,63-/m1/s1. The predicted molar refractivity (Wildman–Crippen MR) is 345 cm³/mol. The van der Waals surface area contributed by atoms with E-state index >= 15 is 0 Å². The molecule has 0 amide bonds. The average molecular weight is 1270 g/mol. The molecule has 0 bridgehead atoms. The molecule has 86 heavy (non-hydrogen) atoms. The van der Waals surface area contributed by atoms with E-state index in [0.29, 0.717) is 25.7 Å². The molecule has 4 unspecified atom stereocenters. The molecule has 0 rings (SSSR count). The van der Waals surface area contributed by atoms with Crippen molar-refractivity contribution >= 4 is 39.5 Å². The van der Waals surface area contributed by atoms with Gasteiger partial charge in [0.15, 0.2) is 12.2 Å². The van der Waals surface area contributed by atoms with E-state index in [0.717, 1.165) is 115 Å². The van der Waals surface area contributed by atoms with Crippen LogP contribution in [0, 0.1) is 11.8 Å². The Morgan fingerprint density at radius 1 is 0.326 bits per heavy atom. The van der Waals surface area contributed by atoms with Crippen LogP contribution >= 0.6 is 15.6 Å². The van der Waals surface area contributed by atoms with Gasteiger partial charge in [-0.1, -0.05) is 286 Å². The number of hydrogen-bond donors (Lipinski definition) is 3. The Bertz CT molecular complexity index is 1690. The molecule has 0 aromatic carbocycles. The van der Waals surface area contributed by atoms with Crippen LogP contribution in [0.25, 0.3) is 0 Å². The van der Waals surface area contributed by atoms with Crippen LogP contribution in [0.2, 0.25) is 0 Å². The number of hydrogen-bond acceptors (Lipinski definition) is 15. The SMILES string of the molecule is CCCCCCCCCCCCCCCCCC(=O)O[C@H](COC(=O)CCCCCCCCCCCCC(C)CC)COP(=O)(O)OC[C@@H](O)COP(=O)(O)OC[C@@H](COC(=O)CCCCCCCCC)OC(=O)CCCCCCCCC(C)CC. The van der Waals surface area contributed by atoms with Crippen LogP contribution < -0.4 is 0 Å². The maximum atomic E-state index is 13.0. The van der Waals surface area contributed by atoms with Gasteiger partial charge < -0.3 is 33.8 Å². The first-order chi connectivity index (χ1) is 41.4. The molecule has 0 saturated heterocycles. The maximum Gasteiger partial charge on any atom is 0.472 e.